The Morgan fingerprint density at radius 1 is 0.677 bits per heavy atom. The predicted octanol–water partition coefficient (Wildman–Crippen LogP) is 6.09. The van der Waals surface area contributed by atoms with Gasteiger partial charge in [-0.3, -0.25) is 9.59 Å². The van der Waals surface area contributed by atoms with Crippen LogP contribution in [0.25, 0.3) is 0 Å². The molecule has 0 unspecified atom stereocenters. The summed E-state index contributed by atoms with van der Waals surface area (Å²) in [5, 5.41) is 0.621. The highest BCUT2D eigenvalue weighted by molar-refractivity contribution is 6.41. The first kappa shape index (κ1) is 19.6. The number of imide groups is 1. The molecule has 0 saturated carbocycles. The third-order valence-corrected chi connectivity index (χ3v) is 8.56. The maximum absolute atomic E-state index is 13.8. The molecule has 7 heteroatoms. The minimum atomic E-state index is -1.21. The van der Waals surface area contributed by atoms with E-state index in [1.165, 1.54) is 6.07 Å². The number of anilines is 1. The maximum Gasteiger partial charge on any atom is 0.240 e. The molecule has 7 rings (SSSR count). The third kappa shape index (κ3) is 2.18. The van der Waals surface area contributed by atoms with Crippen molar-refractivity contribution in [2.24, 2.45) is 11.8 Å². The molecule has 0 N–H and O–H groups in total. The second-order valence-corrected chi connectivity index (χ2v) is 10.1. The number of halogens is 4. The quantitative estimate of drug-likeness (QED) is 0.307. The number of amides is 2. The SMILES string of the molecule is O=C1[C@H]2[C@H](C(=O)N1c1ccc(Cl)cc1Cl)C1(Cl)c3ccccc3C2(Cl)c2ccccc21. The van der Waals surface area contributed by atoms with Crippen molar-refractivity contribution in [3.8, 4) is 0 Å². The molecule has 3 nitrogen and oxygen atoms in total. The lowest BCUT2D eigenvalue weighted by molar-refractivity contribution is -0.122. The van der Waals surface area contributed by atoms with Crippen molar-refractivity contribution in [1.29, 1.82) is 0 Å². The van der Waals surface area contributed by atoms with E-state index >= 15 is 0 Å². The Bertz CT molecular complexity index is 1200. The van der Waals surface area contributed by atoms with Crippen LogP contribution in [0, 0.1) is 11.8 Å². The van der Waals surface area contributed by atoms with Crippen molar-refractivity contribution in [3.05, 3.63) is 99.0 Å². The second kappa shape index (κ2) is 6.26. The van der Waals surface area contributed by atoms with Gasteiger partial charge in [-0.05, 0) is 40.5 Å². The fraction of sp³-hybridized carbons (Fsp3) is 0.167. The van der Waals surface area contributed by atoms with Crippen LogP contribution < -0.4 is 4.90 Å². The number of carbonyl (C=O) groups excluding carboxylic acids is 2. The van der Waals surface area contributed by atoms with Crippen molar-refractivity contribution >= 4 is 63.9 Å². The van der Waals surface area contributed by atoms with Gasteiger partial charge in [0.1, 0.15) is 9.75 Å². The first-order chi connectivity index (χ1) is 14.8. The van der Waals surface area contributed by atoms with Gasteiger partial charge in [-0.15, -0.1) is 23.2 Å². The van der Waals surface area contributed by atoms with Gasteiger partial charge in [-0.25, -0.2) is 4.90 Å². The molecular weight excluding hydrogens is 476 g/mol. The Kier molecular flexibility index (Phi) is 3.97. The molecule has 1 heterocycles. The second-order valence-electron chi connectivity index (χ2n) is 8.08. The Morgan fingerprint density at radius 2 is 1.10 bits per heavy atom. The van der Waals surface area contributed by atoms with Gasteiger partial charge in [0.15, 0.2) is 0 Å². The molecule has 2 amide bonds. The number of alkyl halides is 2. The smallest absolute Gasteiger partial charge is 0.240 e. The van der Waals surface area contributed by atoms with E-state index in [2.05, 4.69) is 0 Å². The number of rotatable bonds is 1. The summed E-state index contributed by atoms with van der Waals surface area (Å²) in [7, 11) is 0. The van der Waals surface area contributed by atoms with E-state index in [1.54, 1.807) is 12.1 Å². The normalized spacial score (nSPS) is 30.3. The van der Waals surface area contributed by atoms with Crippen molar-refractivity contribution in [3.63, 3.8) is 0 Å². The summed E-state index contributed by atoms with van der Waals surface area (Å²) in [4.78, 5) is 26.3. The largest absolute Gasteiger partial charge is 0.274 e. The molecule has 1 aliphatic heterocycles. The van der Waals surface area contributed by atoms with Gasteiger partial charge in [0.05, 0.1) is 22.5 Å². The molecular formula is C24H13Cl4NO2. The van der Waals surface area contributed by atoms with Gasteiger partial charge in [-0.1, -0.05) is 71.7 Å². The fourth-order valence-corrected chi connectivity index (χ4v) is 7.16. The highest BCUT2D eigenvalue weighted by Gasteiger charge is 2.73. The van der Waals surface area contributed by atoms with Crippen LogP contribution >= 0.6 is 46.4 Å². The summed E-state index contributed by atoms with van der Waals surface area (Å²) in [6.07, 6.45) is 0. The lowest BCUT2D eigenvalue weighted by Gasteiger charge is -2.54. The van der Waals surface area contributed by atoms with Gasteiger partial charge in [0, 0.05) is 5.02 Å². The van der Waals surface area contributed by atoms with Gasteiger partial charge in [0.2, 0.25) is 11.8 Å². The average molecular weight is 489 g/mol. The van der Waals surface area contributed by atoms with Crippen LogP contribution in [-0.4, -0.2) is 11.8 Å². The molecule has 2 atom stereocenters. The minimum Gasteiger partial charge on any atom is -0.274 e. The predicted molar refractivity (Wildman–Crippen MR) is 122 cm³/mol. The van der Waals surface area contributed by atoms with Crippen molar-refractivity contribution in [1.82, 2.24) is 0 Å². The first-order valence-electron chi connectivity index (χ1n) is 9.72. The van der Waals surface area contributed by atoms with Crippen LogP contribution in [0.3, 0.4) is 0 Å². The number of hydrogen-bond donors (Lipinski definition) is 0. The van der Waals surface area contributed by atoms with Crippen LogP contribution in [0.15, 0.2) is 66.7 Å². The summed E-state index contributed by atoms with van der Waals surface area (Å²) in [5.41, 5.74) is 3.32. The van der Waals surface area contributed by atoms with E-state index in [0.717, 1.165) is 27.2 Å². The molecule has 3 aromatic rings. The van der Waals surface area contributed by atoms with E-state index in [4.69, 9.17) is 46.4 Å². The van der Waals surface area contributed by atoms with Crippen molar-refractivity contribution in [2.75, 3.05) is 4.90 Å². The van der Waals surface area contributed by atoms with Crippen LogP contribution in [0.5, 0.6) is 0 Å². The lowest BCUT2D eigenvalue weighted by Crippen LogP contribution is -2.57. The molecule has 3 aromatic carbocycles. The lowest BCUT2D eigenvalue weighted by atomic mass is 9.54. The Labute approximate surface area is 198 Å². The zero-order valence-corrected chi connectivity index (χ0v) is 18.8. The average Bonchev–Trinajstić information content (AvgIpc) is 3.04. The Morgan fingerprint density at radius 3 is 1.48 bits per heavy atom. The summed E-state index contributed by atoms with van der Waals surface area (Å²) >= 11 is 27.2. The number of hydrogen-bond acceptors (Lipinski definition) is 2. The van der Waals surface area contributed by atoms with E-state index < -0.39 is 33.4 Å². The zero-order chi connectivity index (χ0) is 21.7. The fourth-order valence-electron chi connectivity index (χ4n) is 5.57. The van der Waals surface area contributed by atoms with Crippen molar-refractivity contribution < 1.29 is 9.59 Å². The third-order valence-electron chi connectivity index (χ3n) is 6.74. The van der Waals surface area contributed by atoms with Crippen LogP contribution in [0.1, 0.15) is 22.3 Å². The standard InChI is InChI=1S/C24H13Cl4NO2/c25-12-9-10-18(17(26)11-12)29-21(30)19-20(22(29)31)24(28)14-6-2-1-5-13(14)23(19,27)15-7-3-4-8-16(15)24/h1-11,19-20H/t19-,20-,23?,24?/m1/s1. The Hall–Kier alpha value is -2.04. The molecule has 0 aromatic heterocycles. The van der Waals surface area contributed by atoms with Crippen LogP contribution in [-0.2, 0) is 19.3 Å². The maximum atomic E-state index is 13.8. The van der Waals surface area contributed by atoms with Gasteiger partial charge in [0.25, 0.3) is 0 Å². The van der Waals surface area contributed by atoms with E-state index in [1.807, 2.05) is 48.5 Å². The molecule has 31 heavy (non-hydrogen) atoms. The van der Waals surface area contributed by atoms with E-state index in [9.17, 15) is 9.59 Å². The Balaban J connectivity index is 1.66. The number of benzene rings is 3. The van der Waals surface area contributed by atoms with E-state index in [-0.39, 0.29) is 10.7 Å². The highest BCUT2D eigenvalue weighted by atomic mass is 35.5. The molecule has 1 saturated heterocycles. The zero-order valence-electron chi connectivity index (χ0n) is 15.8. The minimum absolute atomic E-state index is 0.211. The molecule has 0 radical (unpaired) electrons. The molecule has 154 valence electrons. The summed E-state index contributed by atoms with van der Waals surface area (Å²) in [6.45, 7) is 0. The van der Waals surface area contributed by atoms with Gasteiger partial charge < -0.3 is 0 Å². The highest BCUT2D eigenvalue weighted by Crippen LogP contribution is 2.69. The molecule has 1 fully saturated rings. The topological polar surface area (TPSA) is 37.4 Å². The summed E-state index contributed by atoms with van der Waals surface area (Å²) in [6, 6.07) is 19.7. The first-order valence-corrected chi connectivity index (χ1v) is 11.2. The summed E-state index contributed by atoms with van der Waals surface area (Å²) < 4.78 is 0. The monoisotopic (exact) mass is 487 g/mol. The molecule has 2 bridgehead atoms. The van der Waals surface area contributed by atoms with Crippen molar-refractivity contribution in [2.45, 2.75) is 9.75 Å². The van der Waals surface area contributed by atoms with E-state index in [0.29, 0.717) is 5.02 Å². The van der Waals surface area contributed by atoms with Gasteiger partial charge in [-0.2, -0.15) is 0 Å². The molecule has 0 spiro atoms. The van der Waals surface area contributed by atoms with Crippen LogP contribution in [0.2, 0.25) is 10.0 Å². The molecule has 4 aliphatic rings. The van der Waals surface area contributed by atoms with Gasteiger partial charge >= 0.3 is 0 Å². The summed E-state index contributed by atoms with van der Waals surface area (Å²) in [5.74, 6) is -2.56. The number of nitrogens with zero attached hydrogens (tertiary/aromatic N) is 1. The number of carbonyl (C=O) groups is 2. The van der Waals surface area contributed by atoms with Crippen LogP contribution in [0.4, 0.5) is 5.69 Å². The molecule has 3 aliphatic carbocycles.